The maximum absolute atomic E-state index is 13.3. The van der Waals surface area contributed by atoms with Crippen molar-refractivity contribution in [1.29, 1.82) is 0 Å². The molecule has 1 aromatic rings. The van der Waals surface area contributed by atoms with E-state index in [4.69, 9.17) is 0 Å². The van der Waals surface area contributed by atoms with Crippen molar-refractivity contribution in [1.82, 2.24) is 15.5 Å². The number of hydrogen-bond donors (Lipinski definition) is 2. The molecule has 11 heteroatoms. The summed E-state index contributed by atoms with van der Waals surface area (Å²) >= 11 is 0. The van der Waals surface area contributed by atoms with E-state index in [-0.39, 0.29) is 31.1 Å². The van der Waals surface area contributed by atoms with Crippen LogP contribution in [-0.2, 0) is 0 Å². The number of aryl methyl sites for hydroxylation is 1. The molecule has 1 aliphatic rings. The van der Waals surface area contributed by atoms with Crippen LogP contribution in [-0.4, -0.2) is 60.7 Å². The van der Waals surface area contributed by atoms with Gasteiger partial charge < -0.3 is 10.6 Å². The molecule has 1 aromatic carbocycles. The second-order valence-corrected chi connectivity index (χ2v) is 5.83. The average Bonchev–Trinajstić information content (AvgIpc) is 2.54. The van der Waals surface area contributed by atoms with Crippen LogP contribution in [0.5, 0.6) is 0 Å². The van der Waals surface area contributed by atoms with E-state index in [1.54, 1.807) is 6.92 Å². The predicted octanol–water partition coefficient (Wildman–Crippen LogP) is 1.89. The van der Waals surface area contributed by atoms with Gasteiger partial charge in [-0.15, -0.1) is 12.4 Å². The number of nitro groups is 1. The molecule has 2 N–H and O–H groups in total. The van der Waals surface area contributed by atoms with Crippen molar-refractivity contribution >= 4 is 24.0 Å². The number of halogens is 4. The Morgan fingerprint density at radius 2 is 2.00 bits per heavy atom. The van der Waals surface area contributed by atoms with Gasteiger partial charge in [0.1, 0.15) is 11.6 Å². The van der Waals surface area contributed by atoms with Gasteiger partial charge in [-0.3, -0.25) is 19.8 Å². The summed E-state index contributed by atoms with van der Waals surface area (Å²) in [6, 6.07) is 2.10. The van der Waals surface area contributed by atoms with Gasteiger partial charge in [0.2, 0.25) is 0 Å². The number of piperazine rings is 1. The molecule has 146 valence electrons. The van der Waals surface area contributed by atoms with E-state index in [1.165, 1.54) is 23.1 Å². The molecule has 1 atom stereocenters. The lowest BCUT2D eigenvalue weighted by Crippen LogP contribution is -2.57. The molecule has 0 aliphatic carbocycles. The molecule has 0 bridgehead atoms. The topological polar surface area (TPSA) is 87.5 Å². The predicted molar refractivity (Wildman–Crippen MR) is 91.7 cm³/mol. The number of nitrogens with one attached hydrogen (secondary N) is 2. The number of amides is 1. The Morgan fingerprint density at radius 1 is 1.38 bits per heavy atom. The van der Waals surface area contributed by atoms with Crippen LogP contribution in [0.3, 0.4) is 0 Å². The van der Waals surface area contributed by atoms with Gasteiger partial charge in [0, 0.05) is 38.8 Å². The van der Waals surface area contributed by atoms with Gasteiger partial charge in [0.25, 0.3) is 11.6 Å². The zero-order chi connectivity index (χ0) is 18.6. The SMILES string of the molecule is Cc1ccc([N+](=O)[O-])c(C(=O)NCC(N2CCNCC2)C(F)(F)F)c1.Cl. The fourth-order valence-corrected chi connectivity index (χ4v) is 2.72. The highest BCUT2D eigenvalue weighted by molar-refractivity contribution is 5.98. The highest BCUT2D eigenvalue weighted by Gasteiger charge is 2.44. The molecule has 0 aromatic heterocycles. The van der Waals surface area contributed by atoms with Crippen LogP contribution in [0.1, 0.15) is 15.9 Å². The summed E-state index contributed by atoms with van der Waals surface area (Å²) in [7, 11) is 0. The van der Waals surface area contributed by atoms with E-state index in [0.29, 0.717) is 18.7 Å². The fraction of sp³-hybridized carbons (Fsp3) is 0.533. The van der Waals surface area contributed by atoms with Crippen molar-refractivity contribution in [2.45, 2.75) is 19.1 Å². The molecule has 0 saturated carbocycles. The van der Waals surface area contributed by atoms with Crippen molar-refractivity contribution in [2.75, 3.05) is 32.7 Å². The van der Waals surface area contributed by atoms with Crippen molar-refractivity contribution in [2.24, 2.45) is 0 Å². The van der Waals surface area contributed by atoms with Crippen molar-refractivity contribution < 1.29 is 22.9 Å². The zero-order valence-corrected chi connectivity index (χ0v) is 14.8. The Morgan fingerprint density at radius 3 is 2.54 bits per heavy atom. The summed E-state index contributed by atoms with van der Waals surface area (Å²) in [6.07, 6.45) is -4.51. The number of alkyl halides is 3. The largest absolute Gasteiger partial charge is 0.405 e. The van der Waals surface area contributed by atoms with Gasteiger partial charge in [0.05, 0.1) is 4.92 Å². The highest BCUT2D eigenvalue weighted by atomic mass is 35.5. The first-order valence-electron chi connectivity index (χ1n) is 7.75. The van der Waals surface area contributed by atoms with Crippen LogP contribution in [0.4, 0.5) is 18.9 Å². The third-order valence-corrected chi connectivity index (χ3v) is 4.02. The van der Waals surface area contributed by atoms with Crippen LogP contribution in [0, 0.1) is 17.0 Å². The number of rotatable bonds is 5. The lowest BCUT2D eigenvalue weighted by molar-refractivity contribution is -0.385. The Kier molecular flexibility index (Phi) is 7.79. The normalized spacial score (nSPS) is 16.5. The Hall–Kier alpha value is -1.91. The number of hydrogen-bond acceptors (Lipinski definition) is 5. The van der Waals surface area contributed by atoms with E-state index in [0.717, 1.165) is 0 Å². The van der Waals surface area contributed by atoms with E-state index in [1.807, 2.05) is 0 Å². The Balaban J connectivity index is 0.00000338. The molecule has 0 spiro atoms. The maximum Gasteiger partial charge on any atom is 0.405 e. The smallest absolute Gasteiger partial charge is 0.350 e. The minimum absolute atomic E-state index is 0. The molecule has 1 unspecified atom stereocenters. The van der Waals surface area contributed by atoms with E-state index in [2.05, 4.69) is 10.6 Å². The molecule has 1 saturated heterocycles. The monoisotopic (exact) mass is 396 g/mol. The lowest BCUT2D eigenvalue weighted by atomic mass is 10.1. The van der Waals surface area contributed by atoms with Crippen molar-refractivity contribution in [3.05, 3.63) is 39.4 Å². The Labute approximate surface area is 154 Å². The summed E-state index contributed by atoms with van der Waals surface area (Å²) < 4.78 is 39.9. The van der Waals surface area contributed by atoms with Gasteiger partial charge in [-0.05, 0) is 18.6 Å². The maximum atomic E-state index is 13.3. The standard InChI is InChI=1S/C15H19F3N4O3.ClH/c1-10-2-3-12(22(24)25)11(8-10)14(23)20-9-13(15(16,17)18)21-6-4-19-5-7-21;/h2-3,8,13,19H,4-7,9H2,1H3,(H,20,23);1H. The van der Waals surface area contributed by atoms with Gasteiger partial charge in [0.15, 0.2) is 0 Å². The van der Waals surface area contributed by atoms with E-state index in [9.17, 15) is 28.1 Å². The van der Waals surface area contributed by atoms with E-state index >= 15 is 0 Å². The van der Waals surface area contributed by atoms with Gasteiger partial charge in [-0.25, -0.2) is 0 Å². The second kappa shape index (κ2) is 9.15. The molecule has 1 amide bonds. The number of carbonyl (C=O) groups is 1. The minimum atomic E-state index is -4.51. The number of benzene rings is 1. The second-order valence-electron chi connectivity index (χ2n) is 5.83. The van der Waals surface area contributed by atoms with Crippen molar-refractivity contribution in [3.63, 3.8) is 0 Å². The lowest BCUT2D eigenvalue weighted by Gasteiger charge is -2.35. The molecule has 0 radical (unpaired) electrons. The van der Waals surface area contributed by atoms with E-state index < -0.39 is 35.3 Å². The molecular weight excluding hydrogens is 377 g/mol. The number of nitro benzene ring substituents is 1. The van der Waals surface area contributed by atoms with Gasteiger partial charge >= 0.3 is 6.18 Å². The van der Waals surface area contributed by atoms with Crippen LogP contribution in [0.15, 0.2) is 18.2 Å². The zero-order valence-electron chi connectivity index (χ0n) is 14.0. The molecule has 7 nitrogen and oxygen atoms in total. The first-order chi connectivity index (χ1) is 11.7. The molecule has 1 fully saturated rings. The highest BCUT2D eigenvalue weighted by Crippen LogP contribution is 2.25. The molecule has 26 heavy (non-hydrogen) atoms. The fourth-order valence-electron chi connectivity index (χ4n) is 2.72. The third kappa shape index (κ3) is 5.55. The molecule has 2 rings (SSSR count). The number of nitrogens with zero attached hydrogens (tertiary/aromatic N) is 2. The summed E-state index contributed by atoms with van der Waals surface area (Å²) in [5, 5.41) is 16.2. The molecular formula is C15H20ClF3N4O3. The average molecular weight is 397 g/mol. The quantitative estimate of drug-likeness (QED) is 0.586. The number of carbonyl (C=O) groups excluding carboxylic acids is 1. The van der Waals surface area contributed by atoms with Crippen LogP contribution in [0.2, 0.25) is 0 Å². The molecule has 1 heterocycles. The van der Waals surface area contributed by atoms with Crippen LogP contribution < -0.4 is 10.6 Å². The summed E-state index contributed by atoms with van der Waals surface area (Å²) in [6.45, 7) is 2.27. The van der Waals surface area contributed by atoms with Crippen LogP contribution in [0.25, 0.3) is 0 Å². The summed E-state index contributed by atoms with van der Waals surface area (Å²) in [5.74, 6) is -0.889. The first kappa shape index (κ1) is 22.1. The summed E-state index contributed by atoms with van der Waals surface area (Å²) in [5.41, 5.74) is -0.0784. The minimum Gasteiger partial charge on any atom is -0.350 e. The van der Waals surface area contributed by atoms with Gasteiger partial charge in [-0.2, -0.15) is 13.2 Å². The van der Waals surface area contributed by atoms with Crippen LogP contribution >= 0.6 is 12.4 Å². The first-order valence-corrected chi connectivity index (χ1v) is 7.75. The third-order valence-electron chi connectivity index (χ3n) is 4.02. The van der Waals surface area contributed by atoms with Gasteiger partial charge in [-0.1, -0.05) is 6.07 Å². The Bertz CT molecular complexity index is 652. The molecule has 1 aliphatic heterocycles. The summed E-state index contributed by atoms with van der Waals surface area (Å²) in [4.78, 5) is 23.8. The van der Waals surface area contributed by atoms with Crippen molar-refractivity contribution in [3.8, 4) is 0 Å².